The predicted molar refractivity (Wildman–Crippen MR) is 78.9 cm³/mol. The van der Waals surface area contributed by atoms with Crippen molar-refractivity contribution in [2.75, 3.05) is 0 Å². The monoisotopic (exact) mass is 284 g/mol. The van der Waals surface area contributed by atoms with Gasteiger partial charge in [0.15, 0.2) is 0 Å². The number of hydrogen-bond acceptors (Lipinski definition) is 2. The third-order valence-electron chi connectivity index (χ3n) is 3.50. The molecule has 21 heavy (non-hydrogen) atoms. The van der Waals surface area contributed by atoms with Crippen molar-refractivity contribution in [3.05, 3.63) is 77.0 Å². The molecule has 2 N–H and O–H groups in total. The highest BCUT2D eigenvalue weighted by atomic mass is 19.1. The highest BCUT2D eigenvalue weighted by Gasteiger charge is 2.17. The van der Waals surface area contributed by atoms with Gasteiger partial charge in [-0.15, -0.1) is 0 Å². The van der Waals surface area contributed by atoms with Crippen molar-refractivity contribution < 1.29 is 8.78 Å². The molecule has 0 aliphatic rings. The number of halogens is 2. The Balaban J connectivity index is 2.22. The van der Waals surface area contributed by atoms with Crippen LogP contribution in [0.1, 0.15) is 22.9 Å². The van der Waals surface area contributed by atoms with Gasteiger partial charge in [0.05, 0.1) is 11.6 Å². The van der Waals surface area contributed by atoms with Crippen LogP contribution >= 0.6 is 0 Å². The van der Waals surface area contributed by atoms with Crippen molar-refractivity contribution in [1.82, 2.24) is 4.98 Å². The van der Waals surface area contributed by atoms with Gasteiger partial charge < -0.3 is 5.73 Å². The highest BCUT2D eigenvalue weighted by molar-refractivity contribution is 5.83. The van der Waals surface area contributed by atoms with Crippen LogP contribution < -0.4 is 5.73 Å². The van der Waals surface area contributed by atoms with E-state index in [0.29, 0.717) is 0 Å². The van der Waals surface area contributed by atoms with Crippen LogP contribution in [0, 0.1) is 18.6 Å². The van der Waals surface area contributed by atoms with E-state index >= 15 is 0 Å². The summed E-state index contributed by atoms with van der Waals surface area (Å²) in [5, 5.41) is 0.847. The lowest BCUT2D eigenvalue weighted by atomic mass is 9.95. The first-order valence-corrected chi connectivity index (χ1v) is 6.63. The summed E-state index contributed by atoms with van der Waals surface area (Å²) in [5.74, 6) is -1.01. The lowest BCUT2D eigenvalue weighted by molar-refractivity contribution is 0.577. The van der Waals surface area contributed by atoms with Crippen molar-refractivity contribution >= 4 is 10.9 Å². The number of aryl methyl sites for hydroxylation is 1. The Labute approximate surface area is 121 Å². The Morgan fingerprint density at radius 2 is 1.76 bits per heavy atom. The van der Waals surface area contributed by atoms with Crippen LogP contribution in [0.4, 0.5) is 8.78 Å². The van der Waals surface area contributed by atoms with E-state index < -0.39 is 17.7 Å². The van der Waals surface area contributed by atoms with Gasteiger partial charge in [-0.3, -0.25) is 4.98 Å². The molecule has 0 saturated heterocycles. The normalized spacial score (nSPS) is 12.6. The number of benzene rings is 2. The number of hydrogen-bond donors (Lipinski definition) is 1. The summed E-state index contributed by atoms with van der Waals surface area (Å²) in [6, 6.07) is 11.9. The van der Waals surface area contributed by atoms with E-state index in [2.05, 4.69) is 4.98 Å². The second-order valence-electron chi connectivity index (χ2n) is 5.01. The molecule has 3 rings (SSSR count). The summed E-state index contributed by atoms with van der Waals surface area (Å²) < 4.78 is 27.3. The van der Waals surface area contributed by atoms with Crippen molar-refractivity contribution in [2.24, 2.45) is 5.73 Å². The van der Waals surface area contributed by atoms with Crippen LogP contribution in [0.15, 0.2) is 48.5 Å². The number of rotatable bonds is 2. The van der Waals surface area contributed by atoms with Gasteiger partial charge in [0.25, 0.3) is 0 Å². The van der Waals surface area contributed by atoms with Crippen molar-refractivity contribution in [1.29, 1.82) is 0 Å². The highest BCUT2D eigenvalue weighted by Crippen LogP contribution is 2.29. The zero-order valence-electron chi connectivity index (χ0n) is 11.5. The summed E-state index contributed by atoms with van der Waals surface area (Å²) in [6.45, 7) is 1.85. The number of para-hydroxylation sites is 1. The van der Waals surface area contributed by atoms with E-state index in [9.17, 15) is 8.78 Å². The molecule has 0 aliphatic carbocycles. The summed E-state index contributed by atoms with van der Waals surface area (Å²) in [7, 11) is 0. The minimum absolute atomic E-state index is 0.144. The van der Waals surface area contributed by atoms with Gasteiger partial charge in [0, 0.05) is 16.6 Å². The molecule has 1 unspecified atom stereocenters. The summed E-state index contributed by atoms with van der Waals surface area (Å²) in [6.07, 6.45) is 0. The van der Waals surface area contributed by atoms with Crippen LogP contribution in [0.3, 0.4) is 0 Å². The van der Waals surface area contributed by atoms with Crippen LogP contribution in [-0.4, -0.2) is 4.98 Å². The molecule has 4 heteroatoms. The van der Waals surface area contributed by atoms with Gasteiger partial charge in [-0.1, -0.05) is 18.2 Å². The fourth-order valence-corrected chi connectivity index (χ4v) is 2.52. The molecule has 0 amide bonds. The SMILES string of the molecule is Cc1cc(C(N)c2cc(F)ccc2F)c2ccccc2n1. The molecular weight excluding hydrogens is 270 g/mol. The Kier molecular flexibility index (Phi) is 3.39. The van der Waals surface area contributed by atoms with Gasteiger partial charge in [-0.2, -0.15) is 0 Å². The number of aromatic nitrogens is 1. The Bertz CT molecular complexity index is 815. The minimum atomic E-state index is -0.743. The fourth-order valence-electron chi connectivity index (χ4n) is 2.52. The summed E-state index contributed by atoms with van der Waals surface area (Å²) >= 11 is 0. The molecule has 1 heterocycles. The maximum Gasteiger partial charge on any atom is 0.128 e. The largest absolute Gasteiger partial charge is 0.320 e. The maximum atomic E-state index is 13.9. The number of nitrogens with two attached hydrogens (primary N) is 1. The van der Waals surface area contributed by atoms with E-state index in [1.54, 1.807) is 0 Å². The zero-order valence-corrected chi connectivity index (χ0v) is 11.5. The fraction of sp³-hybridized carbons (Fsp3) is 0.118. The lowest BCUT2D eigenvalue weighted by Crippen LogP contribution is -2.15. The first-order chi connectivity index (χ1) is 10.1. The molecule has 106 valence electrons. The number of fused-ring (bicyclic) bond motifs is 1. The molecule has 0 aliphatic heterocycles. The maximum absolute atomic E-state index is 13.9. The van der Waals surface area contributed by atoms with Gasteiger partial charge in [0.1, 0.15) is 11.6 Å². The Morgan fingerprint density at radius 3 is 2.57 bits per heavy atom. The Morgan fingerprint density at radius 1 is 1.00 bits per heavy atom. The second-order valence-corrected chi connectivity index (χ2v) is 5.01. The molecule has 3 aromatic rings. The van der Waals surface area contributed by atoms with E-state index in [4.69, 9.17) is 5.73 Å². The van der Waals surface area contributed by atoms with Gasteiger partial charge in [-0.25, -0.2) is 8.78 Å². The summed E-state index contributed by atoms with van der Waals surface area (Å²) in [5.41, 5.74) is 8.65. The van der Waals surface area contributed by atoms with E-state index in [-0.39, 0.29) is 5.56 Å². The topological polar surface area (TPSA) is 38.9 Å². The van der Waals surface area contributed by atoms with Crippen LogP contribution in [0.25, 0.3) is 10.9 Å². The third kappa shape index (κ3) is 2.50. The summed E-state index contributed by atoms with van der Waals surface area (Å²) in [4.78, 5) is 4.43. The molecule has 0 bridgehead atoms. The molecule has 1 atom stereocenters. The van der Waals surface area contributed by atoms with E-state index in [0.717, 1.165) is 40.4 Å². The Hall–Kier alpha value is -2.33. The van der Waals surface area contributed by atoms with Crippen LogP contribution in [0.5, 0.6) is 0 Å². The van der Waals surface area contributed by atoms with E-state index in [1.807, 2.05) is 37.3 Å². The molecule has 2 aromatic carbocycles. The van der Waals surface area contributed by atoms with Gasteiger partial charge in [0.2, 0.25) is 0 Å². The van der Waals surface area contributed by atoms with E-state index in [1.165, 1.54) is 0 Å². The van der Waals surface area contributed by atoms with Gasteiger partial charge >= 0.3 is 0 Å². The smallest absolute Gasteiger partial charge is 0.128 e. The molecule has 0 saturated carbocycles. The molecule has 0 radical (unpaired) electrons. The van der Waals surface area contributed by atoms with Crippen LogP contribution in [0.2, 0.25) is 0 Å². The molecule has 2 nitrogen and oxygen atoms in total. The average molecular weight is 284 g/mol. The lowest BCUT2D eigenvalue weighted by Gasteiger charge is -2.16. The van der Waals surface area contributed by atoms with Crippen molar-refractivity contribution in [3.8, 4) is 0 Å². The third-order valence-corrected chi connectivity index (χ3v) is 3.50. The van der Waals surface area contributed by atoms with Gasteiger partial charge in [-0.05, 0) is 42.8 Å². The first kappa shape index (κ1) is 13.6. The molecule has 0 fully saturated rings. The van der Waals surface area contributed by atoms with Crippen molar-refractivity contribution in [3.63, 3.8) is 0 Å². The molecule has 0 spiro atoms. The number of nitrogens with zero attached hydrogens (tertiary/aromatic N) is 1. The van der Waals surface area contributed by atoms with Crippen molar-refractivity contribution in [2.45, 2.75) is 13.0 Å². The minimum Gasteiger partial charge on any atom is -0.320 e. The molecule has 1 aromatic heterocycles. The quantitative estimate of drug-likeness (QED) is 0.776. The standard InChI is InChI=1S/C17H14F2N2/c1-10-8-13(12-4-2-3-5-16(12)21-10)17(20)14-9-11(18)6-7-15(14)19/h2-9,17H,20H2,1H3. The number of pyridine rings is 1. The van der Waals surface area contributed by atoms with Crippen LogP contribution in [-0.2, 0) is 0 Å². The first-order valence-electron chi connectivity index (χ1n) is 6.63. The molecular formula is C17H14F2N2. The second kappa shape index (κ2) is 5.22. The zero-order chi connectivity index (χ0) is 15.0. The average Bonchev–Trinajstić information content (AvgIpc) is 2.48. The predicted octanol–water partition coefficient (Wildman–Crippen LogP) is 3.87.